The molecule has 0 bridgehead atoms. The average Bonchev–Trinajstić information content (AvgIpc) is 2.68. The largest absolute Gasteiger partial charge is 0.497 e. The van der Waals surface area contributed by atoms with Gasteiger partial charge in [0, 0.05) is 18.0 Å². The van der Waals surface area contributed by atoms with E-state index in [0.29, 0.717) is 11.7 Å². The van der Waals surface area contributed by atoms with Crippen molar-refractivity contribution in [2.24, 2.45) is 5.92 Å². The van der Waals surface area contributed by atoms with Gasteiger partial charge in [0.2, 0.25) is 5.91 Å². The van der Waals surface area contributed by atoms with Crippen molar-refractivity contribution >= 4 is 17.7 Å². The zero-order chi connectivity index (χ0) is 17.5. The third-order valence-corrected chi connectivity index (χ3v) is 5.75. The number of carbonyl (C=O) groups is 1. The van der Waals surface area contributed by atoms with E-state index in [1.807, 2.05) is 35.2 Å². The number of thioether (sulfide) groups is 1. The number of nitrogens with zero attached hydrogens (tertiary/aromatic N) is 1. The van der Waals surface area contributed by atoms with Gasteiger partial charge in [-0.1, -0.05) is 30.3 Å². The van der Waals surface area contributed by atoms with Crippen molar-refractivity contribution in [2.45, 2.75) is 24.2 Å². The van der Waals surface area contributed by atoms with Gasteiger partial charge in [-0.3, -0.25) is 4.79 Å². The van der Waals surface area contributed by atoms with Gasteiger partial charge < -0.3 is 9.64 Å². The van der Waals surface area contributed by atoms with E-state index < -0.39 is 0 Å². The maximum atomic E-state index is 12.4. The number of likely N-dealkylation sites (tertiary alicyclic amines) is 1. The molecule has 1 fully saturated rings. The Labute approximate surface area is 154 Å². The fourth-order valence-corrected chi connectivity index (χ4v) is 4.06. The van der Waals surface area contributed by atoms with E-state index in [1.165, 1.54) is 5.56 Å². The first-order valence-electron chi connectivity index (χ1n) is 8.83. The van der Waals surface area contributed by atoms with Crippen molar-refractivity contribution in [1.82, 2.24) is 4.90 Å². The SMILES string of the molecule is COc1ccc(CC2CCN(C(=O)CSc3ccccc3)CC2)cc1. The molecule has 1 heterocycles. The summed E-state index contributed by atoms with van der Waals surface area (Å²) >= 11 is 1.63. The second-order valence-corrected chi connectivity index (χ2v) is 7.53. The van der Waals surface area contributed by atoms with Gasteiger partial charge in [-0.25, -0.2) is 0 Å². The van der Waals surface area contributed by atoms with E-state index in [2.05, 4.69) is 24.3 Å². The molecule has 132 valence electrons. The zero-order valence-electron chi connectivity index (χ0n) is 14.7. The molecular formula is C21H25NO2S. The molecule has 25 heavy (non-hydrogen) atoms. The summed E-state index contributed by atoms with van der Waals surface area (Å²) in [5, 5.41) is 0. The second kappa shape index (κ2) is 8.95. The van der Waals surface area contributed by atoms with Crippen molar-refractivity contribution in [3.05, 3.63) is 60.2 Å². The summed E-state index contributed by atoms with van der Waals surface area (Å²) < 4.78 is 5.21. The summed E-state index contributed by atoms with van der Waals surface area (Å²) in [4.78, 5) is 15.6. The number of methoxy groups -OCH3 is 1. The maximum Gasteiger partial charge on any atom is 0.232 e. The highest BCUT2D eigenvalue weighted by molar-refractivity contribution is 8.00. The highest BCUT2D eigenvalue weighted by Crippen LogP contribution is 2.24. The van der Waals surface area contributed by atoms with Crippen LogP contribution in [0.25, 0.3) is 0 Å². The Hall–Kier alpha value is -1.94. The van der Waals surface area contributed by atoms with Crippen LogP contribution < -0.4 is 4.74 Å². The van der Waals surface area contributed by atoms with E-state index in [0.717, 1.165) is 43.0 Å². The maximum absolute atomic E-state index is 12.4. The van der Waals surface area contributed by atoms with Gasteiger partial charge in [-0.2, -0.15) is 0 Å². The highest BCUT2D eigenvalue weighted by Gasteiger charge is 2.22. The van der Waals surface area contributed by atoms with Crippen LogP contribution in [0.3, 0.4) is 0 Å². The topological polar surface area (TPSA) is 29.5 Å². The average molecular weight is 356 g/mol. The Morgan fingerprint density at radius 2 is 1.76 bits per heavy atom. The van der Waals surface area contributed by atoms with Crippen molar-refractivity contribution in [2.75, 3.05) is 26.0 Å². The number of rotatable bonds is 6. The lowest BCUT2D eigenvalue weighted by Crippen LogP contribution is -2.39. The molecule has 0 atom stereocenters. The Balaban J connectivity index is 1.42. The predicted octanol–water partition coefficient (Wildman–Crippen LogP) is 4.27. The molecule has 2 aromatic carbocycles. The summed E-state index contributed by atoms with van der Waals surface area (Å²) in [5.74, 6) is 2.36. The molecule has 1 aliphatic rings. The molecule has 0 unspecified atom stereocenters. The van der Waals surface area contributed by atoms with Gasteiger partial charge in [0.15, 0.2) is 0 Å². The molecule has 0 radical (unpaired) electrons. The molecule has 4 heteroatoms. The zero-order valence-corrected chi connectivity index (χ0v) is 15.5. The van der Waals surface area contributed by atoms with Gasteiger partial charge >= 0.3 is 0 Å². The first-order chi connectivity index (χ1) is 12.2. The number of hydrogen-bond acceptors (Lipinski definition) is 3. The van der Waals surface area contributed by atoms with Gasteiger partial charge in [-0.05, 0) is 55.0 Å². The Morgan fingerprint density at radius 3 is 2.40 bits per heavy atom. The summed E-state index contributed by atoms with van der Waals surface area (Å²) in [5.41, 5.74) is 1.35. The third kappa shape index (κ3) is 5.27. The molecule has 0 N–H and O–H groups in total. The van der Waals surface area contributed by atoms with E-state index in [1.54, 1.807) is 18.9 Å². The Morgan fingerprint density at radius 1 is 1.08 bits per heavy atom. The summed E-state index contributed by atoms with van der Waals surface area (Å²) in [7, 11) is 1.69. The summed E-state index contributed by atoms with van der Waals surface area (Å²) in [6.45, 7) is 1.77. The highest BCUT2D eigenvalue weighted by atomic mass is 32.2. The Kier molecular flexibility index (Phi) is 6.40. The van der Waals surface area contributed by atoms with Crippen molar-refractivity contribution in [1.29, 1.82) is 0 Å². The van der Waals surface area contributed by atoms with Crippen molar-refractivity contribution in [3.8, 4) is 5.75 Å². The van der Waals surface area contributed by atoms with Crippen LogP contribution in [-0.2, 0) is 11.2 Å². The number of piperidine rings is 1. The van der Waals surface area contributed by atoms with Crippen LogP contribution in [0.1, 0.15) is 18.4 Å². The van der Waals surface area contributed by atoms with Crippen LogP contribution >= 0.6 is 11.8 Å². The van der Waals surface area contributed by atoms with E-state index in [-0.39, 0.29) is 5.91 Å². The molecule has 2 aromatic rings. The standard InChI is InChI=1S/C21H25NO2S/c1-24-19-9-7-17(8-10-19)15-18-11-13-22(14-12-18)21(23)16-25-20-5-3-2-4-6-20/h2-10,18H,11-16H2,1H3. The number of amides is 1. The van der Waals surface area contributed by atoms with Crippen molar-refractivity contribution < 1.29 is 9.53 Å². The Bertz CT molecular complexity index is 664. The number of benzene rings is 2. The molecule has 1 amide bonds. The van der Waals surface area contributed by atoms with Crippen LogP contribution in [0.15, 0.2) is 59.5 Å². The van der Waals surface area contributed by atoms with Gasteiger partial charge in [0.25, 0.3) is 0 Å². The molecule has 3 nitrogen and oxygen atoms in total. The summed E-state index contributed by atoms with van der Waals surface area (Å²) in [6.07, 6.45) is 3.27. The first kappa shape index (κ1) is 17.9. The van der Waals surface area contributed by atoms with Crippen LogP contribution in [0.5, 0.6) is 5.75 Å². The smallest absolute Gasteiger partial charge is 0.232 e. The van der Waals surface area contributed by atoms with Crippen LogP contribution in [0, 0.1) is 5.92 Å². The van der Waals surface area contributed by atoms with Crippen LogP contribution in [0.2, 0.25) is 0 Å². The fourth-order valence-electron chi connectivity index (χ4n) is 3.23. The van der Waals surface area contributed by atoms with Crippen molar-refractivity contribution in [3.63, 3.8) is 0 Å². The number of hydrogen-bond donors (Lipinski definition) is 0. The number of carbonyl (C=O) groups excluding carboxylic acids is 1. The fraction of sp³-hybridized carbons (Fsp3) is 0.381. The molecule has 0 aliphatic carbocycles. The van der Waals surface area contributed by atoms with E-state index in [9.17, 15) is 4.79 Å². The molecule has 0 saturated carbocycles. The monoisotopic (exact) mass is 355 g/mol. The van der Waals surface area contributed by atoms with Crippen LogP contribution in [-0.4, -0.2) is 36.8 Å². The van der Waals surface area contributed by atoms with Gasteiger partial charge in [0.05, 0.1) is 12.9 Å². The minimum atomic E-state index is 0.261. The van der Waals surface area contributed by atoms with E-state index >= 15 is 0 Å². The first-order valence-corrected chi connectivity index (χ1v) is 9.81. The lowest BCUT2D eigenvalue weighted by Gasteiger charge is -2.32. The van der Waals surface area contributed by atoms with Gasteiger partial charge in [0.1, 0.15) is 5.75 Å². The minimum absolute atomic E-state index is 0.261. The third-order valence-electron chi connectivity index (χ3n) is 4.76. The molecular weight excluding hydrogens is 330 g/mol. The molecule has 0 spiro atoms. The molecule has 1 aliphatic heterocycles. The molecule has 0 aromatic heterocycles. The molecule has 1 saturated heterocycles. The second-order valence-electron chi connectivity index (χ2n) is 6.48. The lowest BCUT2D eigenvalue weighted by molar-refractivity contribution is -0.129. The summed E-state index contributed by atoms with van der Waals surface area (Å²) in [6, 6.07) is 18.5. The normalized spacial score (nSPS) is 15.2. The molecule has 3 rings (SSSR count). The lowest BCUT2D eigenvalue weighted by atomic mass is 9.90. The predicted molar refractivity (Wildman–Crippen MR) is 103 cm³/mol. The minimum Gasteiger partial charge on any atom is -0.497 e. The van der Waals surface area contributed by atoms with E-state index in [4.69, 9.17) is 4.74 Å². The van der Waals surface area contributed by atoms with Crippen LogP contribution in [0.4, 0.5) is 0 Å². The quantitative estimate of drug-likeness (QED) is 0.725. The van der Waals surface area contributed by atoms with Gasteiger partial charge in [-0.15, -0.1) is 11.8 Å². The number of ether oxygens (including phenoxy) is 1.